The molecule has 0 atom stereocenters. The van der Waals surface area contributed by atoms with Crippen LogP contribution < -0.4 is 21.1 Å². The number of thiophene rings is 1. The van der Waals surface area contributed by atoms with Crippen molar-refractivity contribution in [3.63, 3.8) is 0 Å². The van der Waals surface area contributed by atoms with Crippen molar-refractivity contribution in [3.05, 3.63) is 46.7 Å². The highest BCUT2D eigenvalue weighted by Gasteiger charge is 2.43. The number of benzene rings is 1. The van der Waals surface area contributed by atoms with Crippen LogP contribution in [0.5, 0.6) is 5.75 Å². The fourth-order valence-corrected chi connectivity index (χ4v) is 4.64. The van der Waals surface area contributed by atoms with E-state index in [-0.39, 0.29) is 5.96 Å². The molecule has 0 amide bonds. The van der Waals surface area contributed by atoms with Crippen molar-refractivity contribution >= 4 is 28.9 Å². The quantitative estimate of drug-likeness (QED) is 0.827. The number of hydrogen-bond acceptors (Lipinski definition) is 7. The number of nitrogens with two attached hydrogens (primary N) is 2. The van der Waals surface area contributed by atoms with Crippen LogP contribution in [0.15, 0.2) is 51.8 Å². The second-order valence-electron chi connectivity index (χ2n) is 6.96. The minimum atomic E-state index is -0.457. The third-order valence-electron chi connectivity index (χ3n) is 5.14. The van der Waals surface area contributed by atoms with Gasteiger partial charge in [0.15, 0.2) is 0 Å². The van der Waals surface area contributed by atoms with Crippen LogP contribution in [-0.2, 0) is 6.42 Å². The van der Waals surface area contributed by atoms with E-state index < -0.39 is 5.66 Å². The first-order valence-electron chi connectivity index (χ1n) is 9.42. The number of para-hydroxylation sites is 2. The van der Waals surface area contributed by atoms with Gasteiger partial charge in [-0.1, -0.05) is 24.6 Å². The number of rotatable bonds is 5. The van der Waals surface area contributed by atoms with E-state index in [0.717, 1.165) is 43.5 Å². The lowest BCUT2D eigenvalue weighted by atomic mass is 9.87. The van der Waals surface area contributed by atoms with Crippen LogP contribution in [0, 0.1) is 0 Å². The van der Waals surface area contributed by atoms with Crippen LogP contribution in [0.2, 0.25) is 0 Å². The van der Waals surface area contributed by atoms with Gasteiger partial charge in [-0.2, -0.15) is 4.99 Å². The molecule has 27 heavy (non-hydrogen) atoms. The fourth-order valence-electron chi connectivity index (χ4n) is 3.95. The highest BCUT2D eigenvalue weighted by atomic mass is 32.1. The van der Waals surface area contributed by atoms with E-state index in [1.165, 1.54) is 11.3 Å². The third kappa shape index (κ3) is 3.64. The number of nitrogens with zero attached hydrogens (tertiary/aromatic N) is 3. The summed E-state index contributed by atoms with van der Waals surface area (Å²) in [5.41, 5.74) is 12.8. The first kappa shape index (κ1) is 17.9. The average Bonchev–Trinajstić information content (AvgIpc) is 3.16. The molecule has 4 N–H and O–H groups in total. The van der Waals surface area contributed by atoms with Gasteiger partial charge < -0.3 is 16.2 Å². The summed E-state index contributed by atoms with van der Waals surface area (Å²) in [4.78, 5) is 12.3. The molecular formula is C20H25N5OS. The Balaban J connectivity index is 1.62. The molecule has 0 bridgehead atoms. The van der Waals surface area contributed by atoms with Crippen molar-refractivity contribution < 1.29 is 4.74 Å². The predicted octanol–water partition coefficient (Wildman–Crippen LogP) is 3.48. The van der Waals surface area contributed by atoms with E-state index in [9.17, 15) is 0 Å². The zero-order valence-corrected chi connectivity index (χ0v) is 16.1. The van der Waals surface area contributed by atoms with E-state index in [4.69, 9.17) is 21.2 Å². The summed E-state index contributed by atoms with van der Waals surface area (Å²) in [5, 5.41) is 2.09. The fraction of sp³-hybridized carbons (Fsp3) is 0.400. The van der Waals surface area contributed by atoms with Crippen molar-refractivity contribution in [1.82, 2.24) is 0 Å². The topological polar surface area (TPSA) is 89.2 Å². The summed E-state index contributed by atoms with van der Waals surface area (Å²) in [5.74, 6) is 1.45. The molecule has 2 heterocycles. The second kappa shape index (κ2) is 7.60. The monoisotopic (exact) mass is 383 g/mol. The Labute approximate surface area is 163 Å². The maximum atomic E-state index is 6.34. The number of ether oxygens (including phenoxy) is 1. The molecule has 1 saturated carbocycles. The Morgan fingerprint density at radius 2 is 1.89 bits per heavy atom. The van der Waals surface area contributed by atoms with Crippen LogP contribution in [0.1, 0.15) is 37.0 Å². The van der Waals surface area contributed by atoms with Gasteiger partial charge in [-0.3, -0.25) is 4.90 Å². The van der Waals surface area contributed by atoms with Crippen LogP contribution >= 0.6 is 11.3 Å². The van der Waals surface area contributed by atoms with Crippen molar-refractivity contribution in [1.29, 1.82) is 0 Å². The Morgan fingerprint density at radius 1 is 1.07 bits per heavy atom. The summed E-state index contributed by atoms with van der Waals surface area (Å²) in [6.45, 7) is 0.612. The van der Waals surface area contributed by atoms with Crippen molar-refractivity contribution in [3.8, 4) is 5.75 Å². The van der Waals surface area contributed by atoms with E-state index in [1.807, 2.05) is 29.2 Å². The average molecular weight is 384 g/mol. The molecule has 2 aliphatic rings. The maximum Gasteiger partial charge on any atom is 0.220 e. The van der Waals surface area contributed by atoms with Gasteiger partial charge in [0.05, 0.1) is 12.3 Å². The van der Waals surface area contributed by atoms with Crippen molar-refractivity contribution in [2.75, 3.05) is 11.5 Å². The summed E-state index contributed by atoms with van der Waals surface area (Å²) >= 11 is 1.75. The Morgan fingerprint density at radius 3 is 2.67 bits per heavy atom. The Bertz CT molecular complexity index is 840. The van der Waals surface area contributed by atoms with Gasteiger partial charge >= 0.3 is 0 Å². The van der Waals surface area contributed by atoms with Gasteiger partial charge in [0.1, 0.15) is 11.4 Å². The summed E-state index contributed by atoms with van der Waals surface area (Å²) in [6, 6.07) is 12.2. The molecule has 1 fully saturated rings. The lowest BCUT2D eigenvalue weighted by Gasteiger charge is -2.45. The molecule has 1 aliphatic heterocycles. The summed E-state index contributed by atoms with van der Waals surface area (Å²) in [6.07, 6.45) is 6.11. The minimum Gasteiger partial charge on any atom is -0.491 e. The zero-order valence-electron chi connectivity index (χ0n) is 15.3. The molecule has 7 heteroatoms. The summed E-state index contributed by atoms with van der Waals surface area (Å²) < 4.78 is 6.15. The normalized spacial score (nSPS) is 18.9. The second-order valence-corrected chi connectivity index (χ2v) is 8.00. The molecule has 1 spiro atoms. The molecule has 2 aromatic rings. The zero-order chi connectivity index (χ0) is 18.7. The molecule has 0 unspecified atom stereocenters. The molecule has 4 rings (SSSR count). The lowest BCUT2D eigenvalue weighted by molar-refractivity contribution is 0.296. The van der Waals surface area contributed by atoms with Gasteiger partial charge in [0.25, 0.3) is 0 Å². The SMILES string of the molecule is NC1=NC2(CCCCC2)N(c2ccccc2OCCc2cccs2)C(N)=N1. The number of anilines is 1. The largest absolute Gasteiger partial charge is 0.491 e. The molecule has 1 aromatic carbocycles. The molecule has 1 aliphatic carbocycles. The van der Waals surface area contributed by atoms with Crippen LogP contribution in [-0.4, -0.2) is 24.2 Å². The molecule has 6 nitrogen and oxygen atoms in total. The number of hydrogen-bond donors (Lipinski definition) is 2. The van der Waals surface area contributed by atoms with Crippen LogP contribution in [0.3, 0.4) is 0 Å². The molecule has 0 radical (unpaired) electrons. The van der Waals surface area contributed by atoms with Crippen molar-refractivity contribution in [2.45, 2.75) is 44.2 Å². The highest BCUT2D eigenvalue weighted by molar-refractivity contribution is 7.09. The van der Waals surface area contributed by atoms with Gasteiger partial charge in [-0.15, -0.1) is 11.3 Å². The van der Waals surface area contributed by atoms with Gasteiger partial charge in [0.2, 0.25) is 11.9 Å². The van der Waals surface area contributed by atoms with E-state index in [2.05, 4.69) is 22.5 Å². The number of guanidine groups is 2. The maximum absolute atomic E-state index is 6.34. The lowest BCUT2D eigenvalue weighted by Crippen LogP contribution is -2.58. The van der Waals surface area contributed by atoms with Gasteiger partial charge in [-0.05, 0) is 49.3 Å². The van der Waals surface area contributed by atoms with Crippen LogP contribution in [0.25, 0.3) is 0 Å². The smallest absolute Gasteiger partial charge is 0.220 e. The summed E-state index contributed by atoms with van der Waals surface area (Å²) in [7, 11) is 0. The molecule has 0 saturated heterocycles. The Kier molecular flexibility index (Phi) is 5.03. The standard InChI is InChI=1S/C20H25N5OS/c21-18-23-19(22)25(20(24-18)11-4-1-5-12-20)16-8-2-3-9-17(16)26-13-10-15-7-6-14-27-15/h2-3,6-9,14H,1,4-5,10-13H2,(H4,21,22,23,24). The first-order chi connectivity index (χ1) is 13.2. The van der Waals surface area contributed by atoms with Gasteiger partial charge in [0, 0.05) is 11.3 Å². The molecular weight excluding hydrogens is 358 g/mol. The Hall–Kier alpha value is -2.54. The molecule has 1 aromatic heterocycles. The molecule has 142 valence electrons. The van der Waals surface area contributed by atoms with Crippen molar-refractivity contribution in [2.24, 2.45) is 21.5 Å². The third-order valence-corrected chi connectivity index (χ3v) is 6.08. The van der Waals surface area contributed by atoms with E-state index >= 15 is 0 Å². The van der Waals surface area contributed by atoms with E-state index in [0.29, 0.717) is 12.6 Å². The van der Waals surface area contributed by atoms with Gasteiger partial charge in [-0.25, -0.2) is 4.99 Å². The van der Waals surface area contributed by atoms with E-state index in [1.54, 1.807) is 11.3 Å². The van der Waals surface area contributed by atoms with Crippen LogP contribution in [0.4, 0.5) is 5.69 Å². The first-order valence-corrected chi connectivity index (χ1v) is 10.3. The predicted molar refractivity (Wildman–Crippen MR) is 111 cm³/mol. The number of aliphatic imine (C=N–C) groups is 2. The highest BCUT2D eigenvalue weighted by Crippen LogP contribution is 2.42. The minimum absolute atomic E-state index is 0.266.